The van der Waals surface area contributed by atoms with Crippen molar-refractivity contribution < 1.29 is 13.2 Å². The van der Waals surface area contributed by atoms with Gasteiger partial charge in [-0.1, -0.05) is 48.5 Å². The molecule has 114 valence electrons. The summed E-state index contributed by atoms with van der Waals surface area (Å²) in [6, 6.07) is 16.8. The summed E-state index contributed by atoms with van der Waals surface area (Å²) < 4.78 is 39.6. The molecule has 1 heterocycles. The number of nitrogens with one attached hydrogen (secondary N) is 1. The predicted molar refractivity (Wildman–Crippen MR) is 81.8 cm³/mol. The summed E-state index contributed by atoms with van der Waals surface area (Å²) in [5.74, 6) is 0. The molecular weight excluding hydrogens is 287 g/mol. The van der Waals surface area contributed by atoms with E-state index in [1.165, 1.54) is 0 Å². The molecule has 1 nitrogen and oxygen atoms in total. The van der Waals surface area contributed by atoms with E-state index in [9.17, 15) is 13.2 Å². The van der Waals surface area contributed by atoms with Gasteiger partial charge in [-0.15, -0.1) is 0 Å². The summed E-state index contributed by atoms with van der Waals surface area (Å²) >= 11 is 0. The molecule has 0 fully saturated rings. The van der Waals surface area contributed by atoms with Gasteiger partial charge in [0.05, 0.1) is 0 Å². The second-order valence-electron chi connectivity index (χ2n) is 5.36. The Kier molecular flexibility index (Phi) is 3.92. The summed E-state index contributed by atoms with van der Waals surface area (Å²) in [4.78, 5) is 2.53. The quantitative estimate of drug-likeness (QED) is 0.667. The number of hydrogen-bond donors (Lipinski definition) is 1. The zero-order valence-electron chi connectivity index (χ0n) is 12.0. The monoisotopic (exact) mass is 303 g/mol. The first kappa shape index (κ1) is 14.7. The molecule has 0 unspecified atom stereocenters. The van der Waals surface area contributed by atoms with E-state index in [1.54, 1.807) is 24.3 Å². The molecule has 0 radical (unpaired) electrons. The Balaban J connectivity index is 1.85. The van der Waals surface area contributed by atoms with Crippen molar-refractivity contribution in [1.29, 1.82) is 0 Å². The van der Waals surface area contributed by atoms with Gasteiger partial charge in [-0.2, -0.15) is 13.2 Å². The minimum absolute atomic E-state index is 0.374. The highest BCUT2D eigenvalue weighted by atomic mass is 19.4. The van der Waals surface area contributed by atoms with Crippen molar-refractivity contribution in [3.05, 3.63) is 71.4 Å². The van der Waals surface area contributed by atoms with Gasteiger partial charge in [0.1, 0.15) is 5.69 Å². The first-order valence-electron chi connectivity index (χ1n) is 7.26. The van der Waals surface area contributed by atoms with Crippen molar-refractivity contribution in [3.8, 4) is 0 Å². The van der Waals surface area contributed by atoms with Crippen LogP contribution in [0.15, 0.2) is 54.6 Å². The Hall–Kier alpha value is -2.23. The fourth-order valence-electron chi connectivity index (χ4n) is 2.82. The molecule has 0 aliphatic rings. The zero-order chi connectivity index (χ0) is 15.6. The molecule has 0 spiro atoms. The molecule has 22 heavy (non-hydrogen) atoms. The molecule has 0 bridgehead atoms. The van der Waals surface area contributed by atoms with E-state index < -0.39 is 11.9 Å². The van der Waals surface area contributed by atoms with Gasteiger partial charge in [-0.25, -0.2) is 0 Å². The van der Waals surface area contributed by atoms with Crippen LogP contribution in [-0.4, -0.2) is 4.98 Å². The molecule has 3 aromatic rings. The second-order valence-corrected chi connectivity index (χ2v) is 5.36. The second kappa shape index (κ2) is 5.87. The van der Waals surface area contributed by atoms with Crippen LogP contribution in [0.1, 0.15) is 23.2 Å². The average molecular weight is 303 g/mol. The summed E-state index contributed by atoms with van der Waals surface area (Å²) in [6.07, 6.45) is -2.47. The Morgan fingerprint density at radius 1 is 0.818 bits per heavy atom. The van der Waals surface area contributed by atoms with E-state index in [4.69, 9.17) is 0 Å². The normalized spacial score (nSPS) is 12.0. The Morgan fingerprint density at radius 2 is 1.50 bits per heavy atom. The summed E-state index contributed by atoms with van der Waals surface area (Å²) in [5.41, 5.74) is 1.46. The van der Waals surface area contributed by atoms with Crippen LogP contribution in [0.3, 0.4) is 0 Å². The van der Waals surface area contributed by atoms with Gasteiger partial charge in [0, 0.05) is 10.9 Å². The van der Waals surface area contributed by atoms with Gasteiger partial charge >= 0.3 is 6.18 Å². The van der Waals surface area contributed by atoms with E-state index in [2.05, 4.69) is 4.98 Å². The molecule has 2 aromatic carbocycles. The molecule has 1 aromatic heterocycles. The van der Waals surface area contributed by atoms with Gasteiger partial charge in [-0.3, -0.25) is 0 Å². The maximum absolute atomic E-state index is 13.2. The topological polar surface area (TPSA) is 15.8 Å². The van der Waals surface area contributed by atoms with Crippen LogP contribution in [0.5, 0.6) is 0 Å². The number of rotatable bonds is 4. The number of fused-ring (bicyclic) bond motifs is 1. The number of para-hydroxylation sites is 1. The van der Waals surface area contributed by atoms with Crippen molar-refractivity contribution in [2.45, 2.75) is 25.4 Å². The van der Waals surface area contributed by atoms with E-state index in [-0.39, 0.29) is 0 Å². The molecule has 0 aliphatic carbocycles. The van der Waals surface area contributed by atoms with Gasteiger partial charge < -0.3 is 4.98 Å². The summed E-state index contributed by atoms with van der Waals surface area (Å²) in [7, 11) is 0. The number of halogens is 3. The van der Waals surface area contributed by atoms with Crippen LogP contribution >= 0.6 is 0 Å². The Morgan fingerprint density at radius 3 is 2.23 bits per heavy atom. The number of benzene rings is 2. The fourth-order valence-corrected chi connectivity index (χ4v) is 2.82. The fraction of sp³-hybridized carbons (Fsp3) is 0.222. The maximum Gasteiger partial charge on any atom is 0.431 e. The van der Waals surface area contributed by atoms with Gasteiger partial charge in [-0.05, 0) is 36.5 Å². The SMILES string of the molecule is FC(F)(F)c1[nH]c2ccccc2c1CCCc1ccccc1. The molecular formula is C18H16F3N. The Labute approximate surface area is 126 Å². The lowest BCUT2D eigenvalue weighted by Gasteiger charge is -2.08. The first-order valence-corrected chi connectivity index (χ1v) is 7.26. The Bertz CT molecular complexity index is 757. The highest BCUT2D eigenvalue weighted by Crippen LogP contribution is 2.36. The van der Waals surface area contributed by atoms with Crippen molar-refractivity contribution in [3.63, 3.8) is 0 Å². The van der Waals surface area contributed by atoms with Crippen LogP contribution in [0.25, 0.3) is 10.9 Å². The highest BCUT2D eigenvalue weighted by Gasteiger charge is 2.35. The molecule has 0 amide bonds. The standard InChI is InChI=1S/C18H16F3N/c19-18(20,21)17-15(14-10-4-5-12-16(14)22-17)11-6-9-13-7-2-1-3-8-13/h1-5,7-8,10,12,22H,6,9,11H2. The molecule has 0 aliphatic heterocycles. The van der Waals surface area contributed by atoms with E-state index >= 15 is 0 Å². The average Bonchev–Trinajstić information content (AvgIpc) is 2.88. The number of aryl methyl sites for hydroxylation is 2. The number of alkyl halides is 3. The van der Waals surface area contributed by atoms with E-state index in [0.29, 0.717) is 29.3 Å². The van der Waals surface area contributed by atoms with Crippen LogP contribution in [0, 0.1) is 0 Å². The first-order chi connectivity index (χ1) is 10.6. The summed E-state index contributed by atoms with van der Waals surface area (Å²) in [5, 5.41) is 0.669. The number of aromatic amines is 1. The van der Waals surface area contributed by atoms with E-state index in [1.807, 2.05) is 30.3 Å². The third-order valence-corrected chi connectivity index (χ3v) is 3.83. The van der Waals surface area contributed by atoms with E-state index in [0.717, 1.165) is 12.0 Å². The van der Waals surface area contributed by atoms with Crippen LogP contribution in [0.2, 0.25) is 0 Å². The van der Waals surface area contributed by atoms with Gasteiger partial charge in [0.2, 0.25) is 0 Å². The highest BCUT2D eigenvalue weighted by molar-refractivity contribution is 5.84. The largest absolute Gasteiger partial charge is 0.431 e. The molecule has 0 saturated heterocycles. The van der Waals surface area contributed by atoms with Crippen molar-refractivity contribution in [2.75, 3.05) is 0 Å². The smallest absolute Gasteiger partial charge is 0.351 e. The minimum Gasteiger partial charge on any atom is -0.351 e. The lowest BCUT2D eigenvalue weighted by atomic mass is 10.0. The number of aromatic nitrogens is 1. The van der Waals surface area contributed by atoms with Crippen molar-refractivity contribution in [2.24, 2.45) is 0 Å². The molecule has 3 rings (SSSR count). The van der Waals surface area contributed by atoms with Crippen LogP contribution in [0.4, 0.5) is 13.2 Å². The third kappa shape index (κ3) is 3.01. The lowest BCUT2D eigenvalue weighted by molar-refractivity contribution is -0.141. The van der Waals surface area contributed by atoms with Gasteiger partial charge in [0.25, 0.3) is 0 Å². The molecule has 0 saturated carbocycles. The lowest BCUT2D eigenvalue weighted by Crippen LogP contribution is -2.09. The third-order valence-electron chi connectivity index (χ3n) is 3.83. The predicted octanol–water partition coefficient (Wildman–Crippen LogP) is 5.36. The van der Waals surface area contributed by atoms with Crippen molar-refractivity contribution >= 4 is 10.9 Å². The maximum atomic E-state index is 13.2. The van der Waals surface area contributed by atoms with Gasteiger partial charge in [0.15, 0.2) is 0 Å². The summed E-state index contributed by atoms with van der Waals surface area (Å²) in [6.45, 7) is 0. The number of hydrogen-bond acceptors (Lipinski definition) is 0. The molecule has 1 N–H and O–H groups in total. The molecule has 0 atom stereocenters. The number of H-pyrrole nitrogens is 1. The zero-order valence-corrected chi connectivity index (χ0v) is 12.0. The van der Waals surface area contributed by atoms with Crippen LogP contribution < -0.4 is 0 Å². The molecule has 4 heteroatoms. The van der Waals surface area contributed by atoms with Crippen molar-refractivity contribution in [1.82, 2.24) is 4.98 Å². The van der Waals surface area contributed by atoms with Crippen LogP contribution in [-0.2, 0) is 19.0 Å². The minimum atomic E-state index is -4.35.